The molecule has 2 fully saturated rings. The van der Waals surface area contributed by atoms with Crippen molar-refractivity contribution in [3.8, 4) is 0 Å². The van der Waals surface area contributed by atoms with E-state index in [0.29, 0.717) is 12.6 Å². The van der Waals surface area contributed by atoms with Crippen molar-refractivity contribution in [3.63, 3.8) is 0 Å². The minimum Gasteiger partial charge on any atom is -0.396 e. The van der Waals surface area contributed by atoms with E-state index in [0.717, 1.165) is 25.4 Å². The molecule has 2 aliphatic heterocycles. The van der Waals surface area contributed by atoms with E-state index < -0.39 is 0 Å². The molecule has 0 aromatic heterocycles. The number of nitrogens with one attached hydrogen (secondary N) is 1. The Balaban J connectivity index is 1.85. The molecule has 0 aromatic rings. The highest BCUT2D eigenvalue weighted by molar-refractivity contribution is 4.96. The van der Waals surface area contributed by atoms with E-state index >= 15 is 0 Å². The Morgan fingerprint density at radius 2 is 2.00 bits per heavy atom. The number of nitrogens with zero attached hydrogens (tertiary/aromatic N) is 1. The van der Waals surface area contributed by atoms with Crippen molar-refractivity contribution in [3.05, 3.63) is 0 Å². The normalized spacial score (nSPS) is 29.8. The first-order chi connectivity index (χ1) is 8.24. The van der Waals surface area contributed by atoms with Crippen molar-refractivity contribution >= 4 is 0 Å². The fourth-order valence-corrected chi connectivity index (χ4v) is 3.45. The number of aliphatic hydroxyl groups is 1. The lowest BCUT2D eigenvalue weighted by molar-refractivity contribution is 0.108. The van der Waals surface area contributed by atoms with Crippen LogP contribution in [0.3, 0.4) is 0 Å². The van der Waals surface area contributed by atoms with Crippen LogP contribution >= 0.6 is 0 Å². The average Bonchev–Trinajstić information content (AvgIpc) is 2.95. The summed E-state index contributed by atoms with van der Waals surface area (Å²) in [6, 6.07) is 1.45. The number of hydrogen-bond donors (Lipinski definition) is 2. The van der Waals surface area contributed by atoms with E-state index in [-0.39, 0.29) is 5.41 Å². The van der Waals surface area contributed by atoms with Crippen molar-refractivity contribution in [2.45, 2.75) is 58.0 Å². The second-order valence-electron chi connectivity index (χ2n) is 5.89. The summed E-state index contributed by atoms with van der Waals surface area (Å²) in [5.74, 6) is 0. The van der Waals surface area contributed by atoms with Gasteiger partial charge in [-0.05, 0) is 38.6 Å². The Labute approximate surface area is 106 Å². The summed E-state index contributed by atoms with van der Waals surface area (Å²) in [4.78, 5) is 2.64. The van der Waals surface area contributed by atoms with E-state index in [4.69, 9.17) is 0 Å². The predicted molar refractivity (Wildman–Crippen MR) is 71.1 cm³/mol. The lowest BCUT2D eigenvalue weighted by Crippen LogP contribution is -2.45. The minimum absolute atomic E-state index is 0.103. The molecule has 2 saturated heterocycles. The van der Waals surface area contributed by atoms with Gasteiger partial charge in [-0.15, -0.1) is 0 Å². The molecule has 17 heavy (non-hydrogen) atoms. The molecule has 2 heterocycles. The van der Waals surface area contributed by atoms with Gasteiger partial charge in [0.25, 0.3) is 0 Å². The lowest BCUT2D eigenvalue weighted by atomic mass is 9.83. The van der Waals surface area contributed by atoms with Gasteiger partial charge >= 0.3 is 0 Å². The molecule has 2 unspecified atom stereocenters. The maximum absolute atomic E-state index is 9.59. The third kappa shape index (κ3) is 2.67. The van der Waals surface area contributed by atoms with E-state index in [9.17, 15) is 5.11 Å². The zero-order chi connectivity index (χ0) is 12.3. The van der Waals surface area contributed by atoms with Crippen LogP contribution in [0.1, 0.15) is 46.0 Å². The van der Waals surface area contributed by atoms with Gasteiger partial charge in [-0.2, -0.15) is 0 Å². The van der Waals surface area contributed by atoms with Gasteiger partial charge in [-0.25, -0.2) is 0 Å². The Bertz CT molecular complexity index is 232. The molecule has 2 rings (SSSR count). The summed E-state index contributed by atoms with van der Waals surface area (Å²) in [5.41, 5.74) is 0.103. The van der Waals surface area contributed by atoms with Crippen molar-refractivity contribution in [1.82, 2.24) is 10.2 Å². The standard InChI is InChI=1S/C14H28N2O/c1-3-14(4-2,11-17)10-15-12-7-9-16-8-5-6-13(12)16/h12-13,15,17H,3-11H2,1-2H3. The third-order valence-electron chi connectivity index (χ3n) is 5.18. The quantitative estimate of drug-likeness (QED) is 0.740. The Morgan fingerprint density at radius 1 is 1.24 bits per heavy atom. The highest BCUT2D eigenvalue weighted by Gasteiger charge is 2.38. The van der Waals surface area contributed by atoms with Gasteiger partial charge in [-0.1, -0.05) is 13.8 Å². The van der Waals surface area contributed by atoms with Gasteiger partial charge < -0.3 is 10.4 Å². The van der Waals surface area contributed by atoms with Crippen molar-refractivity contribution in [1.29, 1.82) is 0 Å². The fraction of sp³-hybridized carbons (Fsp3) is 1.00. The third-order valence-corrected chi connectivity index (χ3v) is 5.18. The molecule has 0 aromatic carbocycles. The van der Waals surface area contributed by atoms with Crippen LogP contribution < -0.4 is 5.32 Å². The topological polar surface area (TPSA) is 35.5 Å². The highest BCUT2D eigenvalue weighted by Crippen LogP contribution is 2.30. The molecule has 0 amide bonds. The summed E-state index contributed by atoms with van der Waals surface area (Å²) in [5, 5.41) is 13.3. The average molecular weight is 240 g/mol. The fourth-order valence-electron chi connectivity index (χ4n) is 3.45. The van der Waals surface area contributed by atoms with Gasteiger partial charge in [0, 0.05) is 37.2 Å². The van der Waals surface area contributed by atoms with Crippen LogP contribution in [0, 0.1) is 5.41 Å². The van der Waals surface area contributed by atoms with E-state index in [1.54, 1.807) is 0 Å². The van der Waals surface area contributed by atoms with Crippen LogP contribution in [-0.4, -0.2) is 48.3 Å². The first-order valence-corrected chi connectivity index (χ1v) is 7.33. The second kappa shape index (κ2) is 5.68. The summed E-state index contributed by atoms with van der Waals surface area (Å²) < 4.78 is 0. The molecule has 2 atom stereocenters. The molecule has 0 spiro atoms. The summed E-state index contributed by atoms with van der Waals surface area (Å²) in [7, 11) is 0. The van der Waals surface area contributed by atoms with Crippen LogP contribution in [-0.2, 0) is 0 Å². The molecule has 3 heteroatoms. The Morgan fingerprint density at radius 3 is 2.65 bits per heavy atom. The molecule has 0 radical (unpaired) electrons. The largest absolute Gasteiger partial charge is 0.396 e. The van der Waals surface area contributed by atoms with E-state index in [2.05, 4.69) is 24.1 Å². The molecule has 0 aliphatic carbocycles. The molecule has 0 bridgehead atoms. The lowest BCUT2D eigenvalue weighted by Gasteiger charge is -2.32. The smallest absolute Gasteiger partial charge is 0.0499 e. The van der Waals surface area contributed by atoms with E-state index in [1.807, 2.05) is 0 Å². The second-order valence-corrected chi connectivity index (χ2v) is 5.89. The van der Waals surface area contributed by atoms with Gasteiger partial charge in [0.05, 0.1) is 0 Å². The zero-order valence-electron chi connectivity index (χ0n) is 11.4. The van der Waals surface area contributed by atoms with Crippen LogP contribution in [0.25, 0.3) is 0 Å². The Kier molecular flexibility index (Phi) is 4.45. The number of hydrogen-bond acceptors (Lipinski definition) is 3. The maximum Gasteiger partial charge on any atom is 0.0499 e. The molecule has 2 N–H and O–H groups in total. The molecular formula is C14H28N2O. The molecule has 2 aliphatic rings. The highest BCUT2D eigenvalue weighted by atomic mass is 16.3. The van der Waals surface area contributed by atoms with Gasteiger partial charge in [0.15, 0.2) is 0 Å². The summed E-state index contributed by atoms with van der Waals surface area (Å²) in [6.45, 7) is 8.25. The number of fused-ring (bicyclic) bond motifs is 1. The molecule has 100 valence electrons. The van der Waals surface area contributed by atoms with Gasteiger partial charge in [0.2, 0.25) is 0 Å². The first kappa shape index (κ1) is 13.3. The predicted octanol–water partition coefficient (Wildman–Crippen LogP) is 1.61. The van der Waals surface area contributed by atoms with Crippen LogP contribution in [0.4, 0.5) is 0 Å². The summed E-state index contributed by atoms with van der Waals surface area (Å²) >= 11 is 0. The van der Waals surface area contributed by atoms with Crippen LogP contribution in [0.2, 0.25) is 0 Å². The molecule has 0 saturated carbocycles. The molecule has 3 nitrogen and oxygen atoms in total. The van der Waals surface area contributed by atoms with E-state index in [1.165, 1.54) is 32.4 Å². The number of rotatable bonds is 6. The Hall–Kier alpha value is -0.120. The van der Waals surface area contributed by atoms with Gasteiger partial charge in [-0.3, -0.25) is 4.90 Å². The SMILES string of the molecule is CCC(CC)(CO)CNC1CCN2CCCC12. The molecular weight excluding hydrogens is 212 g/mol. The van der Waals surface area contributed by atoms with Crippen molar-refractivity contribution in [2.24, 2.45) is 5.41 Å². The first-order valence-electron chi connectivity index (χ1n) is 7.33. The maximum atomic E-state index is 9.59. The summed E-state index contributed by atoms with van der Waals surface area (Å²) in [6.07, 6.45) is 6.15. The monoisotopic (exact) mass is 240 g/mol. The van der Waals surface area contributed by atoms with Crippen LogP contribution in [0.5, 0.6) is 0 Å². The zero-order valence-corrected chi connectivity index (χ0v) is 11.4. The number of aliphatic hydroxyl groups excluding tert-OH is 1. The van der Waals surface area contributed by atoms with Crippen molar-refractivity contribution < 1.29 is 5.11 Å². The van der Waals surface area contributed by atoms with Crippen molar-refractivity contribution in [2.75, 3.05) is 26.2 Å². The minimum atomic E-state index is 0.103. The van der Waals surface area contributed by atoms with Gasteiger partial charge in [0.1, 0.15) is 0 Å². The van der Waals surface area contributed by atoms with Crippen LogP contribution in [0.15, 0.2) is 0 Å².